The highest BCUT2D eigenvalue weighted by Gasteiger charge is 2.05. The van der Waals surface area contributed by atoms with Crippen molar-refractivity contribution in [2.75, 3.05) is 0 Å². The molecule has 0 bridgehead atoms. The zero-order valence-corrected chi connectivity index (χ0v) is 7.72. The number of nitrogens with zero attached hydrogens (tertiary/aromatic N) is 1. The Morgan fingerprint density at radius 3 is 2.42 bits per heavy atom. The summed E-state index contributed by atoms with van der Waals surface area (Å²) in [5.41, 5.74) is 8.80. The SMILES string of the molecule is C=C(C)[C@@H](C)/C(C)=N/NC(N)=O. The summed E-state index contributed by atoms with van der Waals surface area (Å²) >= 11 is 0. The van der Waals surface area contributed by atoms with Crippen molar-refractivity contribution in [3.05, 3.63) is 12.2 Å². The summed E-state index contributed by atoms with van der Waals surface area (Å²) in [5, 5.41) is 3.78. The van der Waals surface area contributed by atoms with Crippen molar-refractivity contribution in [3.63, 3.8) is 0 Å². The molecule has 0 saturated carbocycles. The molecule has 0 saturated heterocycles. The third-order valence-corrected chi connectivity index (χ3v) is 1.71. The fourth-order valence-electron chi connectivity index (χ4n) is 0.597. The van der Waals surface area contributed by atoms with Gasteiger partial charge in [-0.15, -0.1) is 0 Å². The number of carbonyl (C=O) groups is 1. The molecule has 4 heteroatoms. The Balaban J connectivity index is 4.17. The topological polar surface area (TPSA) is 67.5 Å². The first-order chi connectivity index (χ1) is 5.45. The summed E-state index contributed by atoms with van der Waals surface area (Å²) in [6.45, 7) is 9.47. The first-order valence-corrected chi connectivity index (χ1v) is 3.70. The minimum atomic E-state index is -0.650. The van der Waals surface area contributed by atoms with Gasteiger partial charge in [0.2, 0.25) is 0 Å². The number of nitrogens with one attached hydrogen (secondary N) is 1. The smallest absolute Gasteiger partial charge is 0.332 e. The predicted molar refractivity (Wildman–Crippen MR) is 49.8 cm³/mol. The summed E-state index contributed by atoms with van der Waals surface area (Å²) in [4.78, 5) is 10.3. The van der Waals surface area contributed by atoms with Gasteiger partial charge in [-0.05, 0) is 13.8 Å². The van der Waals surface area contributed by atoms with E-state index in [-0.39, 0.29) is 5.92 Å². The molecular weight excluding hydrogens is 154 g/mol. The Morgan fingerprint density at radius 2 is 2.08 bits per heavy atom. The number of nitrogens with two attached hydrogens (primary N) is 1. The zero-order valence-electron chi connectivity index (χ0n) is 7.72. The molecule has 0 rings (SSSR count). The molecule has 0 aliphatic heterocycles. The van der Waals surface area contributed by atoms with Crippen LogP contribution in [0.25, 0.3) is 0 Å². The molecule has 0 spiro atoms. The van der Waals surface area contributed by atoms with Gasteiger partial charge in [0.05, 0.1) is 0 Å². The largest absolute Gasteiger partial charge is 0.350 e. The number of hydrogen-bond donors (Lipinski definition) is 2. The molecule has 0 radical (unpaired) electrons. The van der Waals surface area contributed by atoms with E-state index in [0.717, 1.165) is 11.3 Å². The van der Waals surface area contributed by atoms with Crippen LogP contribution >= 0.6 is 0 Å². The molecule has 3 N–H and O–H groups in total. The lowest BCUT2D eigenvalue weighted by Gasteiger charge is -2.09. The van der Waals surface area contributed by atoms with Gasteiger partial charge in [-0.1, -0.05) is 19.1 Å². The minimum Gasteiger partial charge on any atom is -0.350 e. The molecule has 0 aromatic rings. The Morgan fingerprint density at radius 1 is 1.58 bits per heavy atom. The van der Waals surface area contributed by atoms with E-state index in [1.165, 1.54) is 0 Å². The minimum absolute atomic E-state index is 0.164. The number of rotatable bonds is 3. The maximum absolute atomic E-state index is 10.3. The molecule has 0 aromatic heterocycles. The fourth-order valence-corrected chi connectivity index (χ4v) is 0.597. The normalized spacial score (nSPS) is 13.8. The lowest BCUT2D eigenvalue weighted by Crippen LogP contribution is -2.26. The van der Waals surface area contributed by atoms with E-state index in [2.05, 4.69) is 17.1 Å². The summed E-state index contributed by atoms with van der Waals surface area (Å²) in [6.07, 6.45) is 0. The van der Waals surface area contributed by atoms with Gasteiger partial charge in [-0.2, -0.15) is 5.10 Å². The van der Waals surface area contributed by atoms with Crippen molar-refractivity contribution in [2.45, 2.75) is 20.8 Å². The number of primary amides is 1. The van der Waals surface area contributed by atoms with Crippen LogP contribution < -0.4 is 11.2 Å². The highest BCUT2D eigenvalue weighted by molar-refractivity contribution is 5.87. The van der Waals surface area contributed by atoms with E-state index < -0.39 is 6.03 Å². The van der Waals surface area contributed by atoms with Crippen molar-refractivity contribution < 1.29 is 4.79 Å². The van der Waals surface area contributed by atoms with Crippen molar-refractivity contribution in [1.29, 1.82) is 0 Å². The van der Waals surface area contributed by atoms with Gasteiger partial charge < -0.3 is 5.73 Å². The number of carbonyl (C=O) groups excluding carboxylic acids is 1. The van der Waals surface area contributed by atoms with Gasteiger partial charge in [0.1, 0.15) is 0 Å². The second-order valence-corrected chi connectivity index (χ2v) is 2.80. The highest BCUT2D eigenvalue weighted by atomic mass is 16.2. The van der Waals surface area contributed by atoms with Crippen LogP contribution in [-0.2, 0) is 0 Å². The van der Waals surface area contributed by atoms with Gasteiger partial charge in [0.15, 0.2) is 0 Å². The number of amides is 2. The fraction of sp³-hybridized carbons (Fsp3) is 0.500. The monoisotopic (exact) mass is 169 g/mol. The van der Waals surface area contributed by atoms with Gasteiger partial charge in [0.25, 0.3) is 0 Å². The first kappa shape index (κ1) is 10.7. The highest BCUT2D eigenvalue weighted by Crippen LogP contribution is 2.08. The van der Waals surface area contributed by atoms with E-state index in [1.807, 2.05) is 20.8 Å². The van der Waals surface area contributed by atoms with Gasteiger partial charge in [0, 0.05) is 11.6 Å². The van der Waals surface area contributed by atoms with Crippen LogP contribution in [0.5, 0.6) is 0 Å². The summed E-state index contributed by atoms with van der Waals surface area (Å²) in [6, 6.07) is -0.650. The average Bonchev–Trinajstić information content (AvgIpc) is 1.98. The molecule has 0 aromatic carbocycles. The van der Waals surface area contributed by atoms with Crippen LogP contribution in [-0.4, -0.2) is 11.7 Å². The molecule has 1 atom stereocenters. The Hall–Kier alpha value is -1.32. The molecule has 0 fully saturated rings. The Kier molecular flexibility index (Phi) is 4.04. The third kappa shape index (κ3) is 3.75. The average molecular weight is 169 g/mol. The van der Waals surface area contributed by atoms with Crippen LogP contribution in [0.2, 0.25) is 0 Å². The molecular formula is C8H15N3O. The molecule has 2 amide bonds. The summed E-state index contributed by atoms with van der Waals surface area (Å²) < 4.78 is 0. The molecule has 12 heavy (non-hydrogen) atoms. The summed E-state index contributed by atoms with van der Waals surface area (Å²) in [7, 11) is 0. The molecule has 0 aliphatic rings. The number of hydrazone groups is 1. The maximum atomic E-state index is 10.3. The van der Waals surface area contributed by atoms with Crippen LogP contribution in [0.15, 0.2) is 17.3 Å². The van der Waals surface area contributed by atoms with Crippen molar-refractivity contribution in [2.24, 2.45) is 16.8 Å². The van der Waals surface area contributed by atoms with Crippen molar-refractivity contribution in [3.8, 4) is 0 Å². The molecule has 0 heterocycles. The number of urea groups is 1. The Labute approximate surface area is 72.5 Å². The molecule has 4 nitrogen and oxygen atoms in total. The van der Waals surface area contributed by atoms with E-state index in [9.17, 15) is 4.79 Å². The second-order valence-electron chi connectivity index (χ2n) is 2.80. The van der Waals surface area contributed by atoms with E-state index >= 15 is 0 Å². The van der Waals surface area contributed by atoms with Crippen molar-refractivity contribution in [1.82, 2.24) is 5.43 Å². The first-order valence-electron chi connectivity index (χ1n) is 3.70. The molecule has 0 unspecified atom stereocenters. The number of hydrogen-bond acceptors (Lipinski definition) is 2. The Bertz CT molecular complexity index is 220. The quantitative estimate of drug-likeness (QED) is 0.372. The zero-order chi connectivity index (χ0) is 9.72. The lowest BCUT2D eigenvalue weighted by molar-refractivity contribution is 0.249. The molecule has 68 valence electrons. The van der Waals surface area contributed by atoms with E-state index in [0.29, 0.717) is 0 Å². The lowest BCUT2D eigenvalue weighted by atomic mass is 10.0. The van der Waals surface area contributed by atoms with Gasteiger partial charge in [-0.3, -0.25) is 0 Å². The van der Waals surface area contributed by atoms with Crippen LogP contribution in [0.4, 0.5) is 4.79 Å². The van der Waals surface area contributed by atoms with Crippen LogP contribution in [0.1, 0.15) is 20.8 Å². The van der Waals surface area contributed by atoms with Gasteiger partial charge >= 0.3 is 6.03 Å². The maximum Gasteiger partial charge on any atom is 0.332 e. The molecule has 0 aliphatic carbocycles. The number of allylic oxidation sites excluding steroid dienone is 1. The second kappa shape index (κ2) is 4.54. The standard InChI is InChI=1S/C8H15N3O/c1-5(2)6(3)7(4)10-11-8(9)12/h6H,1H2,2-4H3,(H3,9,11,12)/b10-7+/t6-/m1/s1. The van der Waals surface area contributed by atoms with E-state index in [1.54, 1.807) is 0 Å². The van der Waals surface area contributed by atoms with Gasteiger partial charge in [-0.25, -0.2) is 10.2 Å². The van der Waals surface area contributed by atoms with Crippen molar-refractivity contribution >= 4 is 11.7 Å². The van der Waals surface area contributed by atoms with Crippen LogP contribution in [0.3, 0.4) is 0 Å². The third-order valence-electron chi connectivity index (χ3n) is 1.71. The van der Waals surface area contributed by atoms with Crippen LogP contribution in [0, 0.1) is 5.92 Å². The van der Waals surface area contributed by atoms with E-state index in [4.69, 9.17) is 5.73 Å². The summed E-state index contributed by atoms with van der Waals surface area (Å²) in [5.74, 6) is 0.164. The predicted octanol–water partition coefficient (Wildman–Crippen LogP) is 1.24.